The van der Waals surface area contributed by atoms with Gasteiger partial charge in [0.25, 0.3) is 0 Å². The number of likely N-dealkylation sites (N-methyl/N-ethyl adjacent to an activating group) is 1. The Balaban J connectivity index is 1.51. The molecule has 3 heterocycles. The molecule has 7 heteroatoms. The minimum atomic E-state index is -0.220. The number of rotatable bonds is 6. The second-order valence-electron chi connectivity index (χ2n) is 6.88. The van der Waals surface area contributed by atoms with Gasteiger partial charge in [0, 0.05) is 46.0 Å². The van der Waals surface area contributed by atoms with Crippen molar-refractivity contribution in [1.29, 1.82) is 0 Å². The van der Waals surface area contributed by atoms with Crippen molar-refractivity contribution in [2.45, 2.75) is 6.54 Å². The molecule has 142 valence electrons. The first kappa shape index (κ1) is 17.9. The Morgan fingerprint density at radius 3 is 2.85 bits per heavy atom. The number of morpholine rings is 1. The van der Waals surface area contributed by atoms with Gasteiger partial charge in [-0.1, -0.05) is 12.1 Å². The van der Waals surface area contributed by atoms with E-state index in [2.05, 4.69) is 26.8 Å². The maximum Gasteiger partial charge on any atom is 0.145 e. The summed E-state index contributed by atoms with van der Waals surface area (Å²) in [6.45, 7) is 6.04. The molecule has 3 aromatic rings. The number of halogens is 1. The third-order valence-corrected chi connectivity index (χ3v) is 4.99. The lowest BCUT2D eigenvalue weighted by Crippen LogP contribution is -2.40. The molecular formula is C20H24FN5O. The lowest BCUT2D eigenvalue weighted by Gasteiger charge is -2.29. The molecule has 0 spiro atoms. The summed E-state index contributed by atoms with van der Waals surface area (Å²) in [5.41, 5.74) is 1.77. The van der Waals surface area contributed by atoms with Crippen LogP contribution in [-0.4, -0.2) is 65.9 Å². The van der Waals surface area contributed by atoms with Crippen LogP contribution in [0.25, 0.3) is 11.0 Å². The lowest BCUT2D eigenvalue weighted by atomic mass is 10.2. The highest BCUT2D eigenvalue weighted by atomic mass is 19.1. The third kappa shape index (κ3) is 4.09. The normalized spacial score (nSPS) is 15.3. The molecule has 1 aliphatic rings. The molecule has 1 saturated heterocycles. The second-order valence-corrected chi connectivity index (χ2v) is 6.88. The van der Waals surface area contributed by atoms with Gasteiger partial charge >= 0.3 is 0 Å². The number of anilines is 1. The van der Waals surface area contributed by atoms with Crippen molar-refractivity contribution < 1.29 is 9.13 Å². The summed E-state index contributed by atoms with van der Waals surface area (Å²) in [5.74, 6) is 0.702. The van der Waals surface area contributed by atoms with Crippen LogP contribution >= 0.6 is 0 Å². The number of benzene rings is 1. The standard InChI is InChI=1S/C20H24FN5O/c1-24(7-8-25-9-11-27-12-10-25)19-18-5-6-26(20(18)23-15-22-19)14-16-3-2-4-17(21)13-16/h2-6,13,15H,7-12,14H2,1H3. The molecule has 1 aliphatic heterocycles. The van der Waals surface area contributed by atoms with Gasteiger partial charge in [-0.25, -0.2) is 14.4 Å². The Morgan fingerprint density at radius 1 is 1.19 bits per heavy atom. The molecule has 0 aliphatic carbocycles. The van der Waals surface area contributed by atoms with E-state index in [1.165, 1.54) is 6.07 Å². The van der Waals surface area contributed by atoms with Crippen molar-refractivity contribution >= 4 is 16.9 Å². The second kappa shape index (κ2) is 8.02. The Bertz CT molecular complexity index is 906. The fourth-order valence-electron chi connectivity index (χ4n) is 3.48. The summed E-state index contributed by atoms with van der Waals surface area (Å²) in [6.07, 6.45) is 3.59. The first-order chi connectivity index (χ1) is 13.2. The maximum atomic E-state index is 13.5. The first-order valence-electron chi connectivity index (χ1n) is 9.26. The van der Waals surface area contributed by atoms with E-state index < -0.39 is 0 Å². The van der Waals surface area contributed by atoms with E-state index in [-0.39, 0.29) is 5.82 Å². The van der Waals surface area contributed by atoms with Crippen molar-refractivity contribution in [3.8, 4) is 0 Å². The molecule has 27 heavy (non-hydrogen) atoms. The SMILES string of the molecule is CN(CCN1CCOCC1)c1ncnc2c1ccn2Cc1cccc(F)c1. The Kier molecular flexibility index (Phi) is 5.31. The van der Waals surface area contributed by atoms with Gasteiger partial charge in [0.1, 0.15) is 23.6 Å². The van der Waals surface area contributed by atoms with E-state index in [0.29, 0.717) is 6.54 Å². The molecule has 0 radical (unpaired) electrons. The van der Waals surface area contributed by atoms with Crippen LogP contribution in [0.15, 0.2) is 42.9 Å². The first-order valence-corrected chi connectivity index (χ1v) is 9.26. The summed E-state index contributed by atoms with van der Waals surface area (Å²) in [4.78, 5) is 13.5. The van der Waals surface area contributed by atoms with Crippen LogP contribution in [-0.2, 0) is 11.3 Å². The van der Waals surface area contributed by atoms with E-state index in [1.807, 2.05) is 22.9 Å². The van der Waals surface area contributed by atoms with E-state index in [4.69, 9.17) is 4.74 Å². The van der Waals surface area contributed by atoms with Crippen molar-refractivity contribution in [2.75, 3.05) is 51.3 Å². The topological polar surface area (TPSA) is 46.4 Å². The molecule has 0 saturated carbocycles. The zero-order valence-electron chi connectivity index (χ0n) is 15.5. The molecule has 0 bridgehead atoms. The Morgan fingerprint density at radius 2 is 2.04 bits per heavy atom. The molecule has 6 nitrogen and oxygen atoms in total. The smallest absolute Gasteiger partial charge is 0.145 e. The van der Waals surface area contributed by atoms with Gasteiger partial charge in [0.05, 0.1) is 18.6 Å². The minimum absolute atomic E-state index is 0.220. The summed E-state index contributed by atoms with van der Waals surface area (Å²) >= 11 is 0. The number of hydrogen-bond donors (Lipinski definition) is 0. The Labute approximate surface area is 158 Å². The van der Waals surface area contributed by atoms with Crippen LogP contribution in [0.1, 0.15) is 5.56 Å². The summed E-state index contributed by atoms with van der Waals surface area (Å²) in [5, 5.41) is 1.01. The monoisotopic (exact) mass is 369 g/mol. The Hall–Kier alpha value is -2.51. The van der Waals surface area contributed by atoms with E-state index in [0.717, 1.165) is 61.8 Å². The number of aromatic nitrogens is 3. The molecule has 0 atom stereocenters. The summed E-state index contributed by atoms with van der Waals surface area (Å²) < 4.78 is 20.9. The molecule has 0 amide bonds. The predicted octanol–water partition coefficient (Wildman–Crippen LogP) is 2.39. The maximum absolute atomic E-state index is 13.5. The zero-order chi connectivity index (χ0) is 18.6. The van der Waals surface area contributed by atoms with Crippen LogP contribution in [0, 0.1) is 5.82 Å². The largest absolute Gasteiger partial charge is 0.379 e. The van der Waals surface area contributed by atoms with Crippen molar-refractivity contribution in [2.24, 2.45) is 0 Å². The fraction of sp³-hybridized carbons (Fsp3) is 0.400. The molecule has 4 rings (SSSR count). The highest BCUT2D eigenvalue weighted by Crippen LogP contribution is 2.24. The molecule has 0 unspecified atom stereocenters. The lowest BCUT2D eigenvalue weighted by molar-refractivity contribution is 0.0393. The molecular weight excluding hydrogens is 345 g/mol. The average Bonchev–Trinajstić information content (AvgIpc) is 3.10. The highest BCUT2D eigenvalue weighted by molar-refractivity contribution is 5.87. The molecule has 1 fully saturated rings. The van der Waals surface area contributed by atoms with Gasteiger partial charge in [-0.15, -0.1) is 0 Å². The van der Waals surface area contributed by atoms with Crippen LogP contribution < -0.4 is 4.90 Å². The number of hydrogen-bond acceptors (Lipinski definition) is 5. The highest BCUT2D eigenvalue weighted by Gasteiger charge is 2.15. The fourth-order valence-corrected chi connectivity index (χ4v) is 3.48. The van der Waals surface area contributed by atoms with Crippen LogP contribution in [0.2, 0.25) is 0 Å². The molecule has 0 N–H and O–H groups in total. The van der Waals surface area contributed by atoms with Crippen molar-refractivity contribution in [1.82, 2.24) is 19.4 Å². The van der Waals surface area contributed by atoms with Crippen molar-refractivity contribution in [3.63, 3.8) is 0 Å². The van der Waals surface area contributed by atoms with Gasteiger partial charge in [-0.2, -0.15) is 0 Å². The van der Waals surface area contributed by atoms with E-state index in [9.17, 15) is 4.39 Å². The van der Waals surface area contributed by atoms with Crippen LogP contribution in [0.5, 0.6) is 0 Å². The number of ether oxygens (including phenoxy) is 1. The van der Waals surface area contributed by atoms with Crippen molar-refractivity contribution in [3.05, 3.63) is 54.2 Å². The predicted molar refractivity (Wildman–Crippen MR) is 104 cm³/mol. The van der Waals surface area contributed by atoms with E-state index in [1.54, 1.807) is 18.5 Å². The van der Waals surface area contributed by atoms with Gasteiger partial charge in [0.15, 0.2) is 0 Å². The minimum Gasteiger partial charge on any atom is -0.379 e. The van der Waals surface area contributed by atoms with Gasteiger partial charge in [-0.05, 0) is 23.8 Å². The van der Waals surface area contributed by atoms with E-state index >= 15 is 0 Å². The van der Waals surface area contributed by atoms with Crippen LogP contribution in [0.4, 0.5) is 10.2 Å². The van der Waals surface area contributed by atoms with Gasteiger partial charge < -0.3 is 14.2 Å². The molecule has 1 aromatic carbocycles. The van der Waals surface area contributed by atoms with Gasteiger partial charge in [0.2, 0.25) is 0 Å². The third-order valence-electron chi connectivity index (χ3n) is 4.99. The quantitative estimate of drug-likeness (QED) is 0.668. The van der Waals surface area contributed by atoms with Crippen LogP contribution in [0.3, 0.4) is 0 Å². The van der Waals surface area contributed by atoms with Gasteiger partial charge in [-0.3, -0.25) is 4.90 Å². The molecule has 2 aromatic heterocycles. The number of fused-ring (bicyclic) bond motifs is 1. The average molecular weight is 369 g/mol. The summed E-state index contributed by atoms with van der Waals surface area (Å²) in [6, 6.07) is 8.71. The zero-order valence-corrected chi connectivity index (χ0v) is 15.5. The summed E-state index contributed by atoms with van der Waals surface area (Å²) in [7, 11) is 2.06. The number of nitrogens with zero attached hydrogens (tertiary/aromatic N) is 5.